The number of hydrogen-bond acceptors (Lipinski definition) is 8. The number of hydrogen-bond donors (Lipinski definition) is 5. The molecular formula is C13H25N5O3. The highest BCUT2D eigenvalue weighted by Gasteiger charge is 2.30. The van der Waals surface area contributed by atoms with Crippen LogP contribution in [0.3, 0.4) is 0 Å². The number of nitrogens with zero attached hydrogens (tertiary/aromatic N) is 2. The van der Waals surface area contributed by atoms with Crippen molar-refractivity contribution in [2.24, 2.45) is 0 Å². The second-order valence-corrected chi connectivity index (χ2v) is 4.34. The molecule has 8 nitrogen and oxygen atoms in total. The second kappa shape index (κ2) is 8.50. The van der Waals surface area contributed by atoms with Gasteiger partial charge < -0.3 is 31.8 Å². The number of anilines is 2. The highest BCUT2D eigenvalue weighted by atomic mass is 16.5. The van der Waals surface area contributed by atoms with E-state index >= 15 is 0 Å². The zero-order valence-corrected chi connectivity index (χ0v) is 11.6. The first kappa shape index (κ1) is 19.2. The van der Waals surface area contributed by atoms with Crippen molar-refractivity contribution in [2.75, 3.05) is 25.2 Å². The van der Waals surface area contributed by atoms with Crippen LogP contribution in [-0.2, 0) is 4.74 Å². The third kappa shape index (κ3) is 4.35. The summed E-state index contributed by atoms with van der Waals surface area (Å²) in [6.45, 7) is 1.66. The zero-order chi connectivity index (χ0) is 15.3. The summed E-state index contributed by atoms with van der Waals surface area (Å²) in [7, 11) is 1.00. The molecule has 1 aromatic rings. The third-order valence-corrected chi connectivity index (χ3v) is 2.98. The van der Waals surface area contributed by atoms with E-state index in [1.165, 1.54) is 0 Å². The zero-order valence-electron chi connectivity index (χ0n) is 11.6. The van der Waals surface area contributed by atoms with Crippen molar-refractivity contribution in [3.8, 4) is 0 Å². The van der Waals surface area contributed by atoms with Crippen LogP contribution in [0.1, 0.15) is 31.8 Å². The van der Waals surface area contributed by atoms with Gasteiger partial charge in [0, 0.05) is 7.11 Å². The van der Waals surface area contributed by atoms with E-state index in [-0.39, 0.29) is 37.4 Å². The number of aromatic nitrogens is 2. The molecule has 0 aliphatic carbocycles. The van der Waals surface area contributed by atoms with Crippen LogP contribution in [0, 0.1) is 12.3 Å². The van der Waals surface area contributed by atoms with Gasteiger partial charge >= 0.3 is 0 Å². The normalized spacial score (nSPS) is 20.2. The van der Waals surface area contributed by atoms with Crippen molar-refractivity contribution in [3.05, 3.63) is 11.5 Å². The summed E-state index contributed by atoms with van der Waals surface area (Å²) in [4.78, 5) is 8.08. The molecule has 0 radical (unpaired) electrons. The molecule has 7 N–H and O–H groups in total. The van der Waals surface area contributed by atoms with E-state index < -0.39 is 6.10 Å². The molecule has 1 aliphatic heterocycles. The first-order valence-electron chi connectivity index (χ1n) is 6.22. The Labute approximate surface area is 124 Å². The molecule has 0 amide bonds. The summed E-state index contributed by atoms with van der Waals surface area (Å²) in [6, 6.07) is 0. The molecule has 120 valence electrons. The van der Waals surface area contributed by atoms with E-state index in [1.807, 2.05) is 0 Å². The van der Waals surface area contributed by atoms with Gasteiger partial charge in [0.2, 0.25) is 0 Å². The smallest absolute Gasteiger partial charge is 0.151 e. The van der Waals surface area contributed by atoms with Crippen molar-refractivity contribution in [3.63, 3.8) is 0 Å². The van der Waals surface area contributed by atoms with Crippen molar-refractivity contribution >= 4 is 17.2 Å². The van der Waals surface area contributed by atoms with E-state index in [4.69, 9.17) is 31.8 Å². The molecule has 0 bridgehead atoms. The summed E-state index contributed by atoms with van der Waals surface area (Å²) < 4.78 is 5.53. The number of ether oxygens (including phenoxy) is 1. The first-order valence-corrected chi connectivity index (χ1v) is 6.22. The minimum absolute atomic E-state index is 0. The second-order valence-electron chi connectivity index (χ2n) is 4.34. The first-order chi connectivity index (χ1) is 9.52. The Kier molecular flexibility index (Phi) is 7.79. The molecule has 21 heavy (non-hydrogen) atoms. The monoisotopic (exact) mass is 299 g/mol. The van der Waals surface area contributed by atoms with Gasteiger partial charge in [-0.1, -0.05) is 7.43 Å². The van der Waals surface area contributed by atoms with Crippen LogP contribution < -0.4 is 11.5 Å². The van der Waals surface area contributed by atoms with Crippen molar-refractivity contribution in [1.29, 1.82) is 5.41 Å². The van der Waals surface area contributed by atoms with E-state index in [9.17, 15) is 0 Å². The SMILES string of the molecule is C.CO.Cc1nc(N)c(N)c(C(=N)C2CCC(CO)O2)n1. The van der Waals surface area contributed by atoms with Crippen LogP contribution in [0.5, 0.6) is 0 Å². The Balaban J connectivity index is 0.00000128. The van der Waals surface area contributed by atoms with Crippen molar-refractivity contribution < 1.29 is 14.9 Å². The van der Waals surface area contributed by atoms with E-state index in [2.05, 4.69) is 9.97 Å². The number of nitrogen functional groups attached to an aromatic ring is 2. The maximum atomic E-state index is 9.01. The van der Waals surface area contributed by atoms with Gasteiger partial charge in [-0.3, -0.25) is 0 Å². The lowest BCUT2D eigenvalue weighted by Gasteiger charge is -2.15. The van der Waals surface area contributed by atoms with E-state index in [0.29, 0.717) is 17.9 Å². The van der Waals surface area contributed by atoms with Crippen LogP contribution >= 0.6 is 0 Å². The van der Waals surface area contributed by atoms with E-state index in [1.54, 1.807) is 6.92 Å². The van der Waals surface area contributed by atoms with Gasteiger partial charge in [0.25, 0.3) is 0 Å². The highest BCUT2D eigenvalue weighted by Crippen LogP contribution is 2.25. The number of aliphatic hydroxyl groups excluding tert-OH is 2. The number of aliphatic hydroxyl groups is 2. The fraction of sp³-hybridized carbons (Fsp3) is 0.615. The molecule has 1 saturated heterocycles. The van der Waals surface area contributed by atoms with E-state index in [0.717, 1.165) is 13.5 Å². The molecule has 0 spiro atoms. The fourth-order valence-electron chi connectivity index (χ4n) is 2.01. The molecule has 2 rings (SSSR count). The van der Waals surface area contributed by atoms with Crippen molar-refractivity contribution in [2.45, 2.75) is 39.4 Å². The molecule has 2 heterocycles. The Morgan fingerprint density at radius 2 is 1.95 bits per heavy atom. The minimum Gasteiger partial charge on any atom is -0.400 e. The van der Waals surface area contributed by atoms with Gasteiger partial charge in [-0.25, -0.2) is 9.97 Å². The molecule has 2 atom stereocenters. The Morgan fingerprint density at radius 1 is 1.33 bits per heavy atom. The van der Waals surface area contributed by atoms with Gasteiger partial charge in [0.15, 0.2) is 5.82 Å². The number of rotatable bonds is 3. The Bertz CT molecular complexity index is 481. The van der Waals surface area contributed by atoms with Crippen LogP contribution in [0.25, 0.3) is 0 Å². The molecule has 1 aromatic heterocycles. The quantitative estimate of drug-likeness (QED) is 0.496. The number of aryl methyl sites for hydroxylation is 1. The van der Waals surface area contributed by atoms with Gasteiger partial charge in [-0.2, -0.15) is 0 Å². The third-order valence-electron chi connectivity index (χ3n) is 2.98. The lowest BCUT2D eigenvalue weighted by Crippen LogP contribution is -2.25. The predicted molar refractivity (Wildman–Crippen MR) is 82.3 cm³/mol. The lowest BCUT2D eigenvalue weighted by atomic mass is 10.1. The highest BCUT2D eigenvalue weighted by molar-refractivity contribution is 6.05. The summed E-state index contributed by atoms with van der Waals surface area (Å²) >= 11 is 0. The topological polar surface area (TPSA) is 151 Å². The average Bonchev–Trinajstić information content (AvgIpc) is 2.93. The number of nitrogens with two attached hydrogens (primary N) is 2. The standard InChI is InChI=1S/C11H17N5O2.CH4O.CH4/c1-5-15-10(9(13)11(14)16-5)8(12)7-3-2-6(4-17)18-7;1-2;/h6-7,12,17H,2-4,13H2,1H3,(H2,14,15,16);2H,1H3;1H4. The lowest BCUT2D eigenvalue weighted by molar-refractivity contribution is 0.0381. The minimum atomic E-state index is -0.391. The van der Waals surface area contributed by atoms with Crippen LogP contribution in [0.15, 0.2) is 0 Å². The van der Waals surface area contributed by atoms with Gasteiger partial charge in [0.1, 0.15) is 23.3 Å². The fourth-order valence-corrected chi connectivity index (χ4v) is 2.01. The molecule has 0 saturated carbocycles. The largest absolute Gasteiger partial charge is 0.400 e. The molecular weight excluding hydrogens is 274 g/mol. The van der Waals surface area contributed by atoms with Crippen molar-refractivity contribution in [1.82, 2.24) is 9.97 Å². The predicted octanol–water partition coefficient (Wildman–Crippen LogP) is 0.102. The maximum absolute atomic E-state index is 9.01. The molecule has 8 heteroatoms. The van der Waals surface area contributed by atoms with Gasteiger partial charge in [0.05, 0.1) is 18.4 Å². The van der Waals surface area contributed by atoms with Gasteiger partial charge in [-0.15, -0.1) is 0 Å². The molecule has 1 fully saturated rings. The molecule has 0 aromatic carbocycles. The number of nitrogens with one attached hydrogen (secondary N) is 1. The Hall–Kier alpha value is -1.77. The van der Waals surface area contributed by atoms with Crippen LogP contribution in [0.4, 0.5) is 11.5 Å². The molecule has 1 aliphatic rings. The van der Waals surface area contributed by atoms with Crippen LogP contribution in [0.2, 0.25) is 0 Å². The van der Waals surface area contributed by atoms with Gasteiger partial charge in [-0.05, 0) is 19.8 Å². The van der Waals surface area contributed by atoms with Crippen LogP contribution in [-0.4, -0.2) is 51.8 Å². The summed E-state index contributed by atoms with van der Waals surface area (Å²) in [5, 5.41) is 24.1. The summed E-state index contributed by atoms with van der Waals surface area (Å²) in [6.07, 6.45) is 0.796. The average molecular weight is 299 g/mol. The maximum Gasteiger partial charge on any atom is 0.151 e. The molecule has 2 unspecified atom stereocenters. The Morgan fingerprint density at radius 3 is 2.48 bits per heavy atom. The summed E-state index contributed by atoms with van der Waals surface area (Å²) in [5.41, 5.74) is 12.2. The summed E-state index contributed by atoms with van der Waals surface area (Å²) in [5.74, 6) is 0.650.